The number of hydrogen-bond donors (Lipinski definition) is 0. The lowest BCUT2D eigenvalue weighted by molar-refractivity contribution is -0.686. The van der Waals surface area contributed by atoms with Gasteiger partial charge in [0.1, 0.15) is 6.61 Å². The molecule has 0 amide bonds. The molecule has 0 saturated carbocycles. The Morgan fingerprint density at radius 2 is 1.49 bits per heavy atom. The minimum Gasteiger partial charge on any atom is -1.00 e. The summed E-state index contributed by atoms with van der Waals surface area (Å²) in [7, 11) is 5.08. The zero-order valence-corrected chi connectivity index (χ0v) is 26.1. The van der Waals surface area contributed by atoms with Crippen molar-refractivity contribution in [3.05, 3.63) is 77.0 Å². The van der Waals surface area contributed by atoms with E-state index in [0.717, 1.165) is 53.3 Å². The molecule has 3 aromatic carbocycles. The Labute approximate surface area is 249 Å². The molecule has 0 aliphatic carbocycles. The summed E-state index contributed by atoms with van der Waals surface area (Å²) in [6, 6.07) is 17.1. The summed E-state index contributed by atoms with van der Waals surface area (Å²) >= 11 is 0. The highest BCUT2D eigenvalue weighted by Crippen LogP contribution is 2.42. The molecule has 39 heavy (non-hydrogen) atoms. The van der Waals surface area contributed by atoms with Crippen LogP contribution in [-0.2, 0) is 31.4 Å². The Morgan fingerprint density at radius 3 is 2.10 bits per heavy atom. The number of aromatic nitrogens is 1. The molecule has 0 fully saturated rings. The normalized spacial score (nSPS) is 12.3. The molecule has 0 unspecified atom stereocenters. The number of pyridine rings is 1. The fraction of sp³-hybridized carbons (Fsp3) is 0.364. The van der Waals surface area contributed by atoms with Crippen LogP contribution in [0.1, 0.15) is 49.9 Å². The van der Waals surface area contributed by atoms with E-state index in [-0.39, 0.29) is 29.4 Å². The van der Waals surface area contributed by atoms with E-state index in [1.54, 1.807) is 21.3 Å². The van der Waals surface area contributed by atoms with Crippen molar-refractivity contribution in [3.63, 3.8) is 0 Å². The zero-order chi connectivity index (χ0) is 27.0. The predicted molar refractivity (Wildman–Crippen MR) is 152 cm³/mol. The Hall–Kier alpha value is -3.00. The number of ether oxygens (including phenoxy) is 4. The Balaban J connectivity index is 0.00000353. The van der Waals surface area contributed by atoms with E-state index in [0.29, 0.717) is 6.61 Å². The fourth-order valence-corrected chi connectivity index (χ4v) is 5.50. The van der Waals surface area contributed by atoms with Crippen molar-refractivity contribution in [3.8, 4) is 34.3 Å². The quantitative estimate of drug-likeness (QED) is 0.228. The molecule has 0 saturated heterocycles. The topological polar surface area (TPSA) is 40.8 Å². The third-order valence-corrected chi connectivity index (χ3v) is 7.61. The van der Waals surface area contributed by atoms with Crippen LogP contribution in [0.15, 0.2) is 54.7 Å². The van der Waals surface area contributed by atoms with Crippen LogP contribution in [0.5, 0.6) is 23.0 Å². The second kappa shape index (κ2) is 11.6. The molecule has 1 aliphatic heterocycles. The minimum absolute atomic E-state index is 0. The molecule has 0 N–H and O–H groups in total. The van der Waals surface area contributed by atoms with Crippen molar-refractivity contribution in [2.75, 3.05) is 21.3 Å². The molecule has 0 bridgehead atoms. The molecule has 0 radical (unpaired) electrons. The van der Waals surface area contributed by atoms with Gasteiger partial charge in [-0.1, -0.05) is 52.0 Å². The number of fused-ring (bicyclic) bond motifs is 4. The van der Waals surface area contributed by atoms with Gasteiger partial charge in [0, 0.05) is 17.4 Å². The second-order valence-electron chi connectivity index (χ2n) is 10.9. The van der Waals surface area contributed by atoms with Gasteiger partial charge in [-0.3, -0.25) is 0 Å². The van der Waals surface area contributed by atoms with Crippen molar-refractivity contribution >= 4 is 10.8 Å². The molecular formula is C33H38INO4. The van der Waals surface area contributed by atoms with Gasteiger partial charge in [-0.2, -0.15) is 4.57 Å². The average Bonchev–Trinajstić information content (AvgIpc) is 2.93. The van der Waals surface area contributed by atoms with E-state index in [1.807, 2.05) is 6.07 Å². The molecule has 5 rings (SSSR count). The van der Waals surface area contributed by atoms with Gasteiger partial charge in [-0.25, -0.2) is 0 Å². The Kier molecular flexibility index (Phi) is 8.64. The van der Waals surface area contributed by atoms with Gasteiger partial charge < -0.3 is 42.9 Å². The highest BCUT2D eigenvalue weighted by Gasteiger charge is 2.31. The van der Waals surface area contributed by atoms with E-state index >= 15 is 0 Å². The van der Waals surface area contributed by atoms with Crippen LogP contribution in [-0.4, -0.2) is 21.3 Å². The van der Waals surface area contributed by atoms with Crippen LogP contribution in [0, 0.1) is 0 Å². The summed E-state index contributed by atoms with van der Waals surface area (Å²) in [5.74, 6) is 3.05. The first-order valence-corrected chi connectivity index (χ1v) is 13.3. The van der Waals surface area contributed by atoms with Gasteiger partial charge in [0.25, 0.3) is 0 Å². The van der Waals surface area contributed by atoms with Crippen LogP contribution in [0.4, 0.5) is 0 Å². The minimum atomic E-state index is 0. The number of benzene rings is 3. The molecule has 4 aromatic rings. The molecule has 206 valence electrons. The zero-order valence-electron chi connectivity index (χ0n) is 24.0. The largest absolute Gasteiger partial charge is 1.00 e. The molecule has 0 atom stereocenters. The lowest BCUT2D eigenvalue weighted by atomic mass is 9.87. The van der Waals surface area contributed by atoms with Gasteiger partial charge >= 0.3 is 0 Å². The summed E-state index contributed by atoms with van der Waals surface area (Å²) in [5, 5.41) is 2.25. The first kappa shape index (κ1) is 29.0. The number of halogens is 1. The average molecular weight is 640 g/mol. The Morgan fingerprint density at radius 1 is 0.821 bits per heavy atom. The van der Waals surface area contributed by atoms with Crippen molar-refractivity contribution in [1.82, 2.24) is 0 Å². The molecular weight excluding hydrogens is 601 g/mol. The molecule has 6 heteroatoms. The van der Waals surface area contributed by atoms with Crippen molar-refractivity contribution in [2.24, 2.45) is 0 Å². The first-order valence-electron chi connectivity index (χ1n) is 13.3. The summed E-state index contributed by atoms with van der Waals surface area (Å²) in [4.78, 5) is 0. The summed E-state index contributed by atoms with van der Waals surface area (Å²) in [6.07, 6.45) is 4.03. The molecule has 0 spiro atoms. The summed E-state index contributed by atoms with van der Waals surface area (Å²) in [6.45, 7) is 10.3. The predicted octanol–water partition coefficient (Wildman–Crippen LogP) is 3.82. The number of rotatable bonds is 7. The van der Waals surface area contributed by atoms with E-state index in [9.17, 15) is 0 Å². The van der Waals surface area contributed by atoms with E-state index in [2.05, 4.69) is 80.9 Å². The smallest absolute Gasteiger partial charge is 0.216 e. The van der Waals surface area contributed by atoms with Crippen LogP contribution in [0.25, 0.3) is 22.0 Å². The Bertz CT molecular complexity index is 1490. The van der Waals surface area contributed by atoms with Crippen LogP contribution >= 0.6 is 0 Å². The van der Waals surface area contributed by atoms with Gasteiger partial charge in [0.15, 0.2) is 35.7 Å². The molecule has 1 aromatic heterocycles. The molecule has 2 heterocycles. The first-order chi connectivity index (χ1) is 18.3. The van der Waals surface area contributed by atoms with Crippen molar-refractivity contribution in [1.29, 1.82) is 0 Å². The molecule has 5 nitrogen and oxygen atoms in total. The summed E-state index contributed by atoms with van der Waals surface area (Å²) in [5.41, 5.74) is 7.57. The lowest BCUT2D eigenvalue weighted by Crippen LogP contribution is -3.00. The fourth-order valence-electron chi connectivity index (χ4n) is 5.50. The van der Waals surface area contributed by atoms with E-state index in [4.69, 9.17) is 18.9 Å². The maximum Gasteiger partial charge on any atom is 0.216 e. The van der Waals surface area contributed by atoms with Crippen LogP contribution in [0.3, 0.4) is 0 Å². The summed E-state index contributed by atoms with van der Waals surface area (Å²) < 4.78 is 25.9. The highest BCUT2D eigenvalue weighted by atomic mass is 127. The van der Waals surface area contributed by atoms with Crippen molar-refractivity contribution in [2.45, 2.75) is 59.1 Å². The third kappa shape index (κ3) is 5.40. The standard InChI is InChI=1S/C33H38NO4.HI/c1-8-24-25-13-14-28(35-5)32(38-20-21-9-11-23(12-10-21)33(2,3)4)27(25)19-34-16-15-22-17-29(36-6)30(37-7)18-26(22)31(24)34;/h9-14,17-19H,8,15-16,20H2,1-7H3;1H/q+1;/p-1. The number of nitrogens with zero attached hydrogens (tertiary/aromatic N) is 1. The van der Waals surface area contributed by atoms with Gasteiger partial charge in [0.05, 0.1) is 32.3 Å². The van der Waals surface area contributed by atoms with Crippen LogP contribution in [0.2, 0.25) is 0 Å². The van der Waals surface area contributed by atoms with Crippen molar-refractivity contribution < 1.29 is 47.5 Å². The number of hydrogen-bond acceptors (Lipinski definition) is 4. The van der Waals surface area contributed by atoms with E-state index < -0.39 is 0 Å². The maximum atomic E-state index is 6.50. The van der Waals surface area contributed by atoms with Gasteiger partial charge in [0.2, 0.25) is 5.69 Å². The van der Waals surface area contributed by atoms with Gasteiger partial charge in [-0.15, -0.1) is 0 Å². The van der Waals surface area contributed by atoms with Gasteiger partial charge in [-0.05, 0) is 52.8 Å². The number of methoxy groups -OCH3 is 3. The number of aryl methyl sites for hydroxylation is 3. The van der Waals surface area contributed by atoms with Crippen LogP contribution < -0.4 is 47.5 Å². The lowest BCUT2D eigenvalue weighted by Gasteiger charge is -2.22. The second-order valence-corrected chi connectivity index (χ2v) is 10.9. The highest BCUT2D eigenvalue weighted by molar-refractivity contribution is 5.95. The van der Waals surface area contributed by atoms with E-state index in [1.165, 1.54) is 33.3 Å². The maximum absolute atomic E-state index is 6.50. The molecule has 1 aliphatic rings. The SMILES string of the molecule is CCc1c2[n+](cc3c(OCc4ccc(C(C)(C)C)cc4)c(OC)ccc13)CCc1cc(OC)c(OC)cc1-2.[I-]. The monoisotopic (exact) mass is 639 g/mol. The third-order valence-electron chi connectivity index (χ3n) is 7.61.